The minimum Gasteiger partial charge on any atom is -0.457 e. The van der Waals surface area contributed by atoms with E-state index in [0.717, 1.165) is 72.5 Å². The summed E-state index contributed by atoms with van der Waals surface area (Å²) in [6.07, 6.45) is 0. The molecule has 11 rings (SSSR count). The van der Waals surface area contributed by atoms with Crippen molar-refractivity contribution in [2.45, 2.75) is 6.92 Å². The van der Waals surface area contributed by atoms with Crippen LogP contribution in [0.1, 0.15) is 16.7 Å². The number of ether oxygens (including phenoxy) is 2. The zero-order chi connectivity index (χ0) is 35.4. The van der Waals surface area contributed by atoms with Crippen LogP contribution in [0.15, 0.2) is 140 Å². The average molecular weight is 676 g/mol. The number of benzene rings is 7. The molecule has 0 spiro atoms. The minimum absolute atomic E-state index is 0.202. The summed E-state index contributed by atoms with van der Waals surface area (Å²) in [6.45, 7) is 1.72. The molecule has 0 unspecified atom stereocenters. The van der Waals surface area contributed by atoms with Crippen molar-refractivity contribution < 1.29 is 9.47 Å². The number of anilines is 6. The van der Waals surface area contributed by atoms with Gasteiger partial charge in [-0.15, -0.1) is 0 Å². The molecule has 4 aliphatic rings. The Hall–Kier alpha value is -7.15. The molecule has 0 bridgehead atoms. The molecule has 8 heteroatoms. The molecule has 7 aromatic rings. The van der Waals surface area contributed by atoms with Crippen molar-refractivity contribution in [3.63, 3.8) is 0 Å². The highest BCUT2D eigenvalue weighted by molar-refractivity contribution is 7.02. The number of nitrogens with zero attached hydrogens (tertiary/aromatic N) is 4. The Kier molecular flexibility index (Phi) is 6.09. The van der Waals surface area contributed by atoms with Crippen molar-refractivity contribution in [1.29, 1.82) is 10.5 Å². The number of hydrogen-bond donors (Lipinski definition) is 0. The van der Waals surface area contributed by atoms with Gasteiger partial charge in [0.15, 0.2) is 0 Å². The molecule has 4 aliphatic heterocycles. The molecule has 0 aliphatic carbocycles. The Morgan fingerprint density at radius 2 is 0.962 bits per heavy atom. The molecule has 0 fully saturated rings. The maximum Gasteiger partial charge on any atom is 0.256 e. The lowest BCUT2D eigenvalue weighted by Crippen LogP contribution is -2.63. The number of aryl methyl sites for hydroxylation is 1. The van der Waals surface area contributed by atoms with Gasteiger partial charge >= 0.3 is 0 Å². The van der Waals surface area contributed by atoms with Crippen molar-refractivity contribution in [1.82, 2.24) is 0 Å². The Morgan fingerprint density at radius 3 is 1.53 bits per heavy atom. The molecule has 0 radical (unpaired) electrons. The quantitative estimate of drug-likeness (QED) is 0.194. The summed E-state index contributed by atoms with van der Waals surface area (Å²) in [5.41, 5.74) is 14.6. The van der Waals surface area contributed by atoms with Crippen LogP contribution in [0.4, 0.5) is 34.1 Å². The first-order chi connectivity index (χ1) is 26.1. The number of para-hydroxylation sites is 4. The maximum absolute atomic E-state index is 10.4. The van der Waals surface area contributed by atoms with Crippen LogP contribution in [-0.2, 0) is 0 Å². The van der Waals surface area contributed by atoms with Crippen molar-refractivity contribution in [2.24, 2.45) is 0 Å². The molecule has 53 heavy (non-hydrogen) atoms. The van der Waals surface area contributed by atoms with Gasteiger partial charge < -0.3 is 19.3 Å². The van der Waals surface area contributed by atoms with Gasteiger partial charge in [0, 0.05) is 40.2 Å². The number of rotatable bonds is 2. The van der Waals surface area contributed by atoms with Crippen molar-refractivity contribution in [3.8, 4) is 35.1 Å². The second-order valence-corrected chi connectivity index (χ2v) is 13.9. The fourth-order valence-electron chi connectivity index (χ4n) is 8.98. The lowest BCUT2D eigenvalue weighted by Gasteiger charge is -2.42. The summed E-state index contributed by atoms with van der Waals surface area (Å²) in [5, 5.41) is 20.7. The van der Waals surface area contributed by atoms with Crippen LogP contribution in [0.5, 0.6) is 23.0 Å². The van der Waals surface area contributed by atoms with E-state index in [4.69, 9.17) is 9.47 Å². The zero-order valence-electron chi connectivity index (χ0n) is 28.5. The standard InChI is InChI=1S/C45H26B2N4O2/c1-27-11-5-8-16-35(27)51-37-18-10-7-15-32(37)47-34-23-33-40(24-41(34)53-45-29(26-49)20-22-39(51)43(45)47)52-44-28(25-48)19-21-38-42(44)46(33)31-14-6-9-17-36(31)50(38)30-12-3-2-4-13-30/h2-24H,1H3. The summed E-state index contributed by atoms with van der Waals surface area (Å²) in [4.78, 5) is 4.57. The normalized spacial score (nSPS) is 13.5. The number of fused-ring (bicyclic) bond motifs is 8. The molecular weight excluding hydrogens is 650 g/mol. The summed E-state index contributed by atoms with van der Waals surface area (Å²) >= 11 is 0. The van der Waals surface area contributed by atoms with Gasteiger partial charge in [-0.3, -0.25) is 0 Å². The Labute approximate surface area is 307 Å². The first-order valence-corrected chi connectivity index (χ1v) is 17.7. The van der Waals surface area contributed by atoms with Crippen LogP contribution in [0.3, 0.4) is 0 Å². The van der Waals surface area contributed by atoms with Crippen molar-refractivity contribution in [3.05, 3.63) is 156 Å². The second-order valence-electron chi connectivity index (χ2n) is 13.9. The molecule has 0 atom stereocenters. The van der Waals surface area contributed by atoms with Crippen LogP contribution >= 0.6 is 0 Å². The van der Waals surface area contributed by atoms with E-state index in [0.29, 0.717) is 34.1 Å². The highest BCUT2D eigenvalue weighted by Crippen LogP contribution is 2.45. The van der Waals surface area contributed by atoms with E-state index in [9.17, 15) is 10.5 Å². The van der Waals surface area contributed by atoms with Crippen LogP contribution in [0.25, 0.3) is 0 Å². The van der Waals surface area contributed by atoms with Gasteiger partial charge in [-0.05, 0) is 99.9 Å². The highest BCUT2D eigenvalue weighted by Gasteiger charge is 2.47. The van der Waals surface area contributed by atoms with Gasteiger partial charge in [-0.2, -0.15) is 10.5 Å². The van der Waals surface area contributed by atoms with Crippen LogP contribution in [0, 0.1) is 29.6 Å². The first kappa shape index (κ1) is 29.6. The minimum atomic E-state index is -0.204. The van der Waals surface area contributed by atoms with Gasteiger partial charge in [0.2, 0.25) is 0 Å². The Bertz CT molecular complexity index is 2820. The maximum atomic E-state index is 10.4. The number of hydrogen-bond acceptors (Lipinski definition) is 6. The molecule has 244 valence electrons. The summed E-state index contributed by atoms with van der Waals surface area (Å²) < 4.78 is 13.7. The zero-order valence-corrected chi connectivity index (χ0v) is 28.5. The van der Waals surface area contributed by atoms with Gasteiger partial charge in [-0.1, -0.05) is 78.9 Å². The Morgan fingerprint density at radius 1 is 0.472 bits per heavy atom. The van der Waals surface area contributed by atoms with E-state index in [1.807, 2.05) is 42.5 Å². The van der Waals surface area contributed by atoms with Gasteiger partial charge in [0.1, 0.15) is 35.1 Å². The molecule has 6 nitrogen and oxygen atoms in total. The van der Waals surface area contributed by atoms with Crippen LogP contribution in [0.2, 0.25) is 0 Å². The van der Waals surface area contributed by atoms with E-state index in [2.05, 4.69) is 126 Å². The highest BCUT2D eigenvalue weighted by atomic mass is 16.5. The molecule has 4 heterocycles. The fraction of sp³-hybridized carbons (Fsp3) is 0.0222. The molecule has 0 aromatic heterocycles. The van der Waals surface area contributed by atoms with Crippen molar-refractivity contribution in [2.75, 3.05) is 9.80 Å². The van der Waals surface area contributed by atoms with E-state index in [-0.39, 0.29) is 13.4 Å². The topological polar surface area (TPSA) is 72.5 Å². The van der Waals surface area contributed by atoms with E-state index >= 15 is 0 Å². The molecule has 7 aromatic carbocycles. The van der Waals surface area contributed by atoms with Gasteiger partial charge in [-0.25, -0.2) is 0 Å². The third-order valence-electron chi connectivity index (χ3n) is 11.2. The van der Waals surface area contributed by atoms with Crippen LogP contribution in [-0.4, -0.2) is 13.4 Å². The molecule has 0 saturated carbocycles. The lowest BCUT2D eigenvalue weighted by molar-refractivity contribution is 0.464. The largest absolute Gasteiger partial charge is 0.457 e. The van der Waals surface area contributed by atoms with Gasteiger partial charge in [0.25, 0.3) is 13.4 Å². The molecule has 0 N–H and O–H groups in total. The summed E-state index contributed by atoms with van der Waals surface area (Å²) in [6, 6.07) is 52.7. The third-order valence-corrected chi connectivity index (χ3v) is 11.2. The smallest absolute Gasteiger partial charge is 0.256 e. The van der Waals surface area contributed by atoms with E-state index < -0.39 is 0 Å². The monoisotopic (exact) mass is 676 g/mol. The lowest BCUT2D eigenvalue weighted by atomic mass is 9.31. The summed E-state index contributed by atoms with van der Waals surface area (Å²) in [5.74, 6) is 2.41. The first-order valence-electron chi connectivity index (χ1n) is 17.7. The molecule has 0 amide bonds. The fourth-order valence-corrected chi connectivity index (χ4v) is 8.98. The summed E-state index contributed by atoms with van der Waals surface area (Å²) in [7, 11) is 0. The van der Waals surface area contributed by atoms with Crippen LogP contribution < -0.4 is 52.1 Å². The SMILES string of the molecule is Cc1ccccc1N1c2ccccc2B2c3cc4c(cc3Oc3c(C#N)ccc1c32)Oc1c(C#N)ccc2c1B4c1ccccc1N2c1ccccc1. The van der Waals surface area contributed by atoms with E-state index in [1.54, 1.807) is 0 Å². The predicted octanol–water partition coefficient (Wildman–Crippen LogP) is 6.55. The second kappa shape index (κ2) is 10.9. The predicted molar refractivity (Wildman–Crippen MR) is 212 cm³/mol. The number of nitriles is 2. The molecular formula is C45H26B2N4O2. The molecule has 0 saturated heterocycles. The van der Waals surface area contributed by atoms with Gasteiger partial charge in [0.05, 0.1) is 11.1 Å². The van der Waals surface area contributed by atoms with E-state index in [1.165, 1.54) is 0 Å². The average Bonchev–Trinajstić information content (AvgIpc) is 3.20. The third kappa shape index (κ3) is 3.98. The Balaban J connectivity index is 1.18. The van der Waals surface area contributed by atoms with Crippen molar-refractivity contribution >= 4 is 80.3 Å².